The molecule has 0 saturated carbocycles. The number of carbonyl (C=O) groups excluding carboxylic acids is 1. The van der Waals surface area contributed by atoms with Crippen LogP contribution in [-0.2, 0) is 21.2 Å². The summed E-state index contributed by atoms with van der Waals surface area (Å²) in [6, 6.07) is 7.68. The first kappa shape index (κ1) is 20.1. The van der Waals surface area contributed by atoms with Crippen molar-refractivity contribution in [3.63, 3.8) is 0 Å². The third-order valence-electron chi connectivity index (χ3n) is 5.36. The lowest BCUT2D eigenvalue weighted by atomic mass is 10.1. The van der Waals surface area contributed by atoms with Crippen LogP contribution in [0.15, 0.2) is 39.8 Å². The zero-order chi connectivity index (χ0) is 20.8. The van der Waals surface area contributed by atoms with Crippen molar-refractivity contribution in [1.29, 1.82) is 0 Å². The quantitative estimate of drug-likeness (QED) is 0.633. The monoisotopic (exact) mass is 432 g/mol. The minimum absolute atomic E-state index is 0.00659. The number of nitrogens with zero attached hydrogens (tertiary/aromatic N) is 2. The Labute approximate surface area is 174 Å². The number of aryl methyl sites for hydroxylation is 3. The van der Waals surface area contributed by atoms with Crippen LogP contribution in [0, 0.1) is 20.8 Å². The van der Waals surface area contributed by atoms with E-state index in [0.29, 0.717) is 31.1 Å². The Morgan fingerprint density at radius 2 is 1.83 bits per heavy atom. The van der Waals surface area contributed by atoms with Gasteiger partial charge in [-0.15, -0.1) is 11.3 Å². The van der Waals surface area contributed by atoms with Gasteiger partial charge in [0.2, 0.25) is 15.9 Å². The summed E-state index contributed by atoms with van der Waals surface area (Å²) in [5.41, 5.74) is 2.76. The Hall–Kier alpha value is -2.16. The highest BCUT2D eigenvalue weighted by Crippen LogP contribution is 2.28. The second-order valence-electron chi connectivity index (χ2n) is 7.50. The highest BCUT2D eigenvalue weighted by atomic mass is 32.2. The van der Waals surface area contributed by atoms with Crippen molar-refractivity contribution in [2.24, 2.45) is 0 Å². The van der Waals surface area contributed by atoms with E-state index in [9.17, 15) is 13.2 Å². The number of carbonyl (C=O) groups is 1. The largest absolute Gasteiger partial charge is 0.464 e. The molecule has 1 amide bonds. The molecule has 1 saturated heterocycles. The molecule has 0 radical (unpaired) electrons. The lowest BCUT2D eigenvalue weighted by Crippen LogP contribution is -2.50. The molecule has 2 aromatic heterocycles. The fourth-order valence-electron chi connectivity index (χ4n) is 3.78. The van der Waals surface area contributed by atoms with Crippen molar-refractivity contribution in [1.82, 2.24) is 9.21 Å². The van der Waals surface area contributed by atoms with Crippen molar-refractivity contribution in [2.75, 3.05) is 26.2 Å². The Bertz CT molecular complexity index is 1170. The van der Waals surface area contributed by atoms with Gasteiger partial charge in [-0.25, -0.2) is 8.42 Å². The summed E-state index contributed by atoms with van der Waals surface area (Å²) in [5.74, 6) is -0.00659. The summed E-state index contributed by atoms with van der Waals surface area (Å²) >= 11 is 1.49. The predicted octanol–water partition coefficient (Wildman–Crippen LogP) is 3.50. The smallest absolute Gasteiger partial charge is 0.244 e. The fraction of sp³-hybridized carbons (Fsp3) is 0.381. The molecule has 8 heteroatoms. The van der Waals surface area contributed by atoms with Gasteiger partial charge in [-0.2, -0.15) is 4.31 Å². The SMILES string of the molecule is Cc1ccc2c(CC(=O)N3CCN(S(=O)(=O)c4cc(C)sc4C)CC3)coc2c1. The zero-order valence-electron chi connectivity index (χ0n) is 16.8. The summed E-state index contributed by atoms with van der Waals surface area (Å²) in [7, 11) is -3.51. The average Bonchev–Trinajstić information content (AvgIpc) is 3.24. The molecule has 0 N–H and O–H groups in total. The molecule has 3 aromatic rings. The van der Waals surface area contributed by atoms with Gasteiger partial charge in [-0.1, -0.05) is 12.1 Å². The molecule has 3 heterocycles. The number of benzene rings is 1. The van der Waals surface area contributed by atoms with Crippen LogP contribution >= 0.6 is 11.3 Å². The lowest BCUT2D eigenvalue weighted by Gasteiger charge is -2.34. The van der Waals surface area contributed by atoms with E-state index in [4.69, 9.17) is 4.42 Å². The molecule has 4 rings (SSSR count). The number of piperazine rings is 1. The Morgan fingerprint density at radius 1 is 1.10 bits per heavy atom. The van der Waals surface area contributed by atoms with Crippen LogP contribution in [-0.4, -0.2) is 49.7 Å². The Balaban J connectivity index is 1.42. The molecule has 1 fully saturated rings. The third kappa shape index (κ3) is 3.84. The van der Waals surface area contributed by atoms with Gasteiger partial charge in [0.25, 0.3) is 0 Å². The maximum absolute atomic E-state index is 12.9. The maximum Gasteiger partial charge on any atom is 0.244 e. The van der Waals surface area contributed by atoms with Crippen LogP contribution in [0.5, 0.6) is 0 Å². The topological polar surface area (TPSA) is 70.8 Å². The molecule has 29 heavy (non-hydrogen) atoms. The number of hydrogen-bond donors (Lipinski definition) is 0. The molecule has 154 valence electrons. The van der Waals surface area contributed by atoms with Crippen LogP contribution < -0.4 is 0 Å². The second-order valence-corrected chi connectivity index (χ2v) is 10.9. The van der Waals surface area contributed by atoms with Crippen molar-refractivity contribution in [2.45, 2.75) is 32.1 Å². The van der Waals surface area contributed by atoms with E-state index in [0.717, 1.165) is 31.9 Å². The minimum atomic E-state index is -3.51. The van der Waals surface area contributed by atoms with Crippen LogP contribution in [0.3, 0.4) is 0 Å². The molecule has 0 bridgehead atoms. The van der Waals surface area contributed by atoms with Gasteiger partial charge in [0.05, 0.1) is 17.6 Å². The third-order valence-corrected chi connectivity index (χ3v) is 8.48. The number of rotatable bonds is 4. The van der Waals surface area contributed by atoms with Crippen LogP contribution in [0.2, 0.25) is 0 Å². The van der Waals surface area contributed by atoms with Gasteiger partial charge in [-0.05, 0) is 38.5 Å². The van der Waals surface area contributed by atoms with E-state index < -0.39 is 10.0 Å². The zero-order valence-corrected chi connectivity index (χ0v) is 18.4. The number of thiophene rings is 1. The lowest BCUT2D eigenvalue weighted by molar-refractivity contribution is -0.131. The van der Waals surface area contributed by atoms with Crippen LogP contribution in [0.1, 0.15) is 20.9 Å². The van der Waals surface area contributed by atoms with Crippen molar-refractivity contribution in [3.8, 4) is 0 Å². The molecule has 0 spiro atoms. The summed E-state index contributed by atoms with van der Waals surface area (Å²) in [6.45, 7) is 7.17. The molecule has 1 aliphatic heterocycles. The molecule has 0 aliphatic carbocycles. The first-order valence-corrected chi connectivity index (χ1v) is 11.8. The highest BCUT2D eigenvalue weighted by molar-refractivity contribution is 7.89. The number of amides is 1. The first-order chi connectivity index (χ1) is 13.8. The van der Waals surface area contributed by atoms with Gasteiger partial charge in [0, 0.05) is 46.9 Å². The van der Waals surface area contributed by atoms with E-state index in [2.05, 4.69) is 0 Å². The molecule has 0 atom stereocenters. The maximum atomic E-state index is 12.9. The summed E-state index contributed by atoms with van der Waals surface area (Å²) in [4.78, 5) is 16.7. The highest BCUT2D eigenvalue weighted by Gasteiger charge is 2.32. The van der Waals surface area contributed by atoms with Crippen molar-refractivity contribution < 1.29 is 17.6 Å². The Morgan fingerprint density at radius 3 is 2.48 bits per heavy atom. The molecular formula is C21H24N2O4S2. The predicted molar refractivity (Wildman–Crippen MR) is 114 cm³/mol. The van der Waals surface area contributed by atoms with Gasteiger partial charge in [-0.3, -0.25) is 4.79 Å². The molecule has 6 nitrogen and oxygen atoms in total. The van der Waals surface area contributed by atoms with E-state index in [-0.39, 0.29) is 12.3 Å². The van der Waals surface area contributed by atoms with Crippen LogP contribution in [0.4, 0.5) is 0 Å². The number of sulfonamides is 1. The normalized spacial score (nSPS) is 15.9. The number of hydrogen-bond acceptors (Lipinski definition) is 5. The molecule has 1 aromatic carbocycles. The first-order valence-electron chi connectivity index (χ1n) is 9.57. The van der Waals surface area contributed by atoms with E-state index in [1.54, 1.807) is 17.2 Å². The number of furan rings is 1. The molecule has 0 unspecified atom stereocenters. The van der Waals surface area contributed by atoms with Crippen LogP contribution in [0.25, 0.3) is 11.0 Å². The van der Waals surface area contributed by atoms with Gasteiger partial charge < -0.3 is 9.32 Å². The van der Waals surface area contributed by atoms with Gasteiger partial charge >= 0.3 is 0 Å². The van der Waals surface area contributed by atoms with E-state index >= 15 is 0 Å². The van der Waals surface area contributed by atoms with Crippen molar-refractivity contribution in [3.05, 3.63) is 51.4 Å². The van der Waals surface area contributed by atoms with Gasteiger partial charge in [0.1, 0.15) is 5.58 Å². The fourth-order valence-corrected chi connectivity index (χ4v) is 6.73. The number of fused-ring (bicyclic) bond motifs is 1. The summed E-state index contributed by atoms with van der Waals surface area (Å²) in [5, 5.41) is 0.952. The van der Waals surface area contributed by atoms with Gasteiger partial charge in [0.15, 0.2) is 0 Å². The van der Waals surface area contributed by atoms with E-state index in [1.807, 2.05) is 39.0 Å². The van der Waals surface area contributed by atoms with E-state index in [1.165, 1.54) is 15.6 Å². The Kier molecular flexibility index (Phi) is 5.27. The summed E-state index contributed by atoms with van der Waals surface area (Å²) < 4.78 is 33.0. The minimum Gasteiger partial charge on any atom is -0.464 e. The average molecular weight is 433 g/mol. The summed E-state index contributed by atoms with van der Waals surface area (Å²) in [6.07, 6.45) is 1.90. The second kappa shape index (κ2) is 7.59. The standard InChI is InChI=1S/C21H24N2O4S2/c1-14-4-5-18-17(13-27-19(18)10-14)12-21(24)22-6-8-23(9-7-22)29(25,26)20-11-15(2)28-16(20)3/h4-5,10-11,13H,6-9,12H2,1-3H3. The molecular weight excluding hydrogens is 408 g/mol. The molecule has 1 aliphatic rings. The van der Waals surface area contributed by atoms with Crippen molar-refractivity contribution >= 4 is 38.2 Å².